The van der Waals surface area contributed by atoms with Gasteiger partial charge in [-0.1, -0.05) is 76.2 Å². The molecule has 0 N–H and O–H groups in total. The number of hydrogen-bond acceptors (Lipinski definition) is 2. The summed E-state index contributed by atoms with van der Waals surface area (Å²) in [6.45, 7) is 2.96. The third kappa shape index (κ3) is 11.6. The molecule has 0 saturated heterocycles. The molecule has 25 heavy (non-hydrogen) atoms. The Balaban J connectivity index is 1.80. The van der Waals surface area contributed by atoms with Crippen molar-refractivity contribution in [3.05, 3.63) is 11.1 Å². The standard InChI is InChI=1S/C23H42O2/c1-21-22(18-16-19-23(21)24)17-14-12-10-8-6-4-3-5-7-9-11-13-15-20-25-2/h3-20H2,1-2H3. The molecule has 2 heteroatoms. The van der Waals surface area contributed by atoms with Gasteiger partial charge in [0.05, 0.1) is 0 Å². The molecule has 0 aliphatic heterocycles. The van der Waals surface area contributed by atoms with Crippen molar-refractivity contribution in [2.75, 3.05) is 13.7 Å². The number of ketones is 1. The highest BCUT2D eigenvalue weighted by Gasteiger charge is 2.15. The number of ether oxygens (including phenoxy) is 1. The van der Waals surface area contributed by atoms with Crippen molar-refractivity contribution in [1.29, 1.82) is 0 Å². The monoisotopic (exact) mass is 350 g/mol. The van der Waals surface area contributed by atoms with E-state index in [4.69, 9.17) is 4.74 Å². The highest BCUT2D eigenvalue weighted by molar-refractivity contribution is 5.96. The van der Waals surface area contributed by atoms with Crippen LogP contribution in [0.15, 0.2) is 11.1 Å². The van der Waals surface area contributed by atoms with E-state index in [1.165, 1.54) is 102 Å². The molecule has 2 nitrogen and oxygen atoms in total. The molecule has 0 spiro atoms. The fourth-order valence-electron chi connectivity index (χ4n) is 3.88. The van der Waals surface area contributed by atoms with Gasteiger partial charge in [-0.25, -0.2) is 0 Å². The van der Waals surface area contributed by atoms with Gasteiger partial charge < -0.3 is 4.74 Å². The van der Waals surface area contributed by atoms with Gasteiger partial charge in [0.1, 0.15) is 0 Å². The highest BCUT2D eigenvalue weighted by Crippen LogP contribution is 2.26. The Labute approximate surface area is 156 Å². The number of Topliss-reactive ketones (excluding diaryl/α,β-unsaturated/α-hetero) is 1. The van der Waals surface area contributed by atoms with Crippen LogP contribution < -0.4 is 0 Å². The first kappa shape index (κ1) is 22.4. The fourth-order valence-corrected chi connectivity index (χ4v) is 3.88. The Bertz CT molecular complexity index is 370. The number of allylic oxidation sites excluding steroid dienone is 2. The second kappa shape index (κ2) is 15.6. The van der Waals surface area contributed by atoms with Gasteiger partial charge in [-0.2, -0.15) is 0 Å². The van der Waals surface area contributed by atoms with Crippen LogP contribution in [0, 0.1) is 0 Å². The minimum atomic E-state index is 0.399. The van der Waals surface area contributed by atoms with Crippen LogP contribution in [0.3, 0.4) is 0 Å². The lowest BCUT2D eigenvalue weighted by molar-refractivity contribution is -0.116. The zero-order valence-electron chi connectivity index (χ0n) is 17.0. The highest BCUT2D eigenvalue weighted by atomic mass is 16.5. The SMILES string of the molecule is COCCCCCCCCCCCCCCCC1=C(C)C(=O)CCC1. The van der Waals surface area contributed by atoms with E-state index in [9.17, 15) is 4.79 Å². The average Bonchev–Trinajstić information content (AvgIpc) is 2.61. The Kier molecular flexibility index (Phi) is 14.0. The minimum Gasteiger partial charge on any atom is -0.385 e. The summed E-state index contributed by atoms with van der Waals surface area (Å²) in [6, 6.07) is 0. The second-order valence-electron chi connectivity index (χ2n) is 7.84. The molecule has 1 aliphatic carbocycles. The molecular formula is C23H42O2. The maximum absolute atomic E-state index is 11.7. The van der Waals surface area contributed by atoms with Crippen LogP contribution in [-0.4, -0.2) is 19.5 Å². The molecule has 0 saturated carbocycles. The zero-order chi connectivity index (χ0) is 18.2. The topological polar surface area (TPSA) is 26.3 Å². The summed E-state index contributed by atoms with van der Waals surface area (Å²) in [5.41, 5.74) is 2.54. The van der Waals surface area contributed by atoms with Gasteiger partial charge >= 0.3 is 0 Å². The third-order valence-corrected chi connectivity index (χ3v) is 5.66. The number of carbonyl (C=O) groups is 1. The number of hydrogen-bond donors (Lipinski definition) is 0. The number of unbranched alkanes of at least 4 members (excludes halogenated alkanes) is 12. The van der Waals surface area contributed by atoms with Gasteiger partial charge in [0.15, 0.2) is 5.78 Å². The van der Waals surface area contributed by atoms with Gasteiger partial charge in [-0.3, -0.25) is 4.79 Å². The molecule has 0 atom stereocenters. The molecule has 146 valence electrons. The molecule has 0 amide bonds. The van der Waals surface area contributed by atoms with Crippen molar-refractivity contribution in [2.45, 2.75) is 116 Å². The molecule has 0 heterocycles. The quantitative estimate of drug-likeness (QED) is 0.276. The first-order valence-electron chi connectivity index (χ1n) is 11.0. The summed E-state index contributed by atoms with van der Waals surface area (Å²) in [6.07, 6.45) is 22.0. The van der Waals surface area contributed by atoms with Crippen molar-refractivity contribution in [3.63, 3.8) is 0 Å². The average molecular weight is 351 g/mol. The van der Waals surface area contributed by atoms with Gasteiger partial charge in [-0.05, 0) is 44.6 Å². The first-order chi connectivity index (χ1) is 12.3. The Morgan fingerprint density at radius 1 is 0.720 bits per heavy atom. The van der Waals surface area contributed by atoms with Crippen LogP contribution in [0.25, 0.3) is 0 Å². The number of carbonyl (C=O) groups excluding carboxylic acids is 1. The molecule has 0 bridgehead atoms. The molecular weight excluding hydrogens is 308 g/mol. The van der Waals surface area contributed by atoms with E-state index >= 15 is 0 Å². The number of methoxy groups -OCH3 is 1. The first-order valence-corrected chi connectivity index (χ1v) is 11.0. The van der Waals surface area contributed by atoms with Crippen LogP contribution in [0.2, 0.25) is 0 Å². The van der Waals surface area contributed by atoms with Crippen LogP contribution >= 0.6 is 0 Å². The molecule has 0 radical (unpaired) electrons. The van der Waals surface area contributed by atoms with E-state index in [1.54, 1.807) is 7.11 Å². The maximum atomic E-state index is 11.7. The molecule has 1 aliphatic rings. The van der Waals surface area contributed by atoms with Crippen molar-refractivity contribution in [3.8, 4) is 0 Å². The predicted molar refractivity (Wildman–Crippen MR) is 108 cm³/mol. The van der Waals surface area contributed by atoms with Gasteiger partial charge in [0, 0.05) is 20.1 Å². The van der Waals surface area contributed by atoms with Crippen molar-refractivity contribution in [2.24, 2.45) is 0 Å². The van der Waals surface area contributed by atoms with Crippen molar-refractivity contribution < 1.29 is 9.53 Å². The summed E-state index contributed by atoms with van der Waals surface area (Å²) in [4.78, 5) is 11.7. The number of rotatable bonds is 16. The Hall–Kier alpha value is -0.630. The second-order valence-corrected chi connectivity index (χ2v) is 7.84. The molecule has 1 rings (SSSR count). The summed E-state index contributed by atoms with van der Waals surface area (Å²) >= 11 is 0. The van der Waals surface area contributed by atoms with Crippen LogP contribution in [-0.2, 0) is 9.53 Å². The van der Waals surface area contributed by atoms with E-state index in [0.717, 1.165) is 25.0 Å². The van der Waals surface area contributed by atoms with E-state index in [2.05, 4.69) is 0 Å². The summed E-state index contributed by atoms with van der Waals surface area (Å²) in [5, 5.41) is 0. The normalized spacial score (nSPS) is 15.2. The van der Waals surface area contributed by atoms with Crippen LogP contribution in [0.4, 0.5) is 0 Å². The third-order valence-electron chi connectivity index (χ3n) is 5.66. The zero-order valence-corrected chi connectivity index (χ0v) is 17.0. The van der Waals surface area contributed by atoms with E-state index in [-0.39, 0.29) is 0 Å². The molecule has 0 unspecified atom stereocenters. The van der Waals surface area contributed by atoms with Crippen LogP contribution in [0.1, 0.15) is 116 Å². The predicted octanol–water partition coefficient (Wildman–Crippen LogP) is 7.16. The lowest BCUT2D eigenvalue weighted by Crippen LogP contribution is -2.09. The molecule has 0 aromatic carbocycles. The Morgan fingerprint density at radius 2 is 1.20 bits per heavy atom. The summed E-state index contributed by atoms with van der Waals surface area (Å²) < 4.78 is 5.07. The van der Waals surface area contributed by atoms with E-state index < -0.39 is 0 Å². The van der Waals surface area contributed by atoms with E-state index in [1.807, 2.05) is 6.92 Å². The minimum absolute atomic E-state index is 0.399. The molecule has 0 aromatic heterocycles. The Morgan fingerprint density at radius 3 is 1.72 bits per heavy atom. The maximum Gasteiger partial charge on any atom is 0.158 e. The molecule has 0 fully saturated rings. The summed E-state index contributed by atoms with van der Waals surface area (Å²) in [5.74, 6) is 0.399. The van der Waals surface area contributed by atoms with Gasteiger partial charge in [-0.15, -0.1) is 0 Å². The smallest absolute Gasteiger partial charge is 0.158 e. The lowest BCUT2D eigenvalue weighted by atomic mass is 9.88. The van der Waals surface area contributed by atoms with Crippen molar-refractivity contribution in [1.82, 2.24) is 0 Å². The van der Waals surface area contributed by atoms with Gasteiger partial charge in [0.25, 0.3) is 0 Å². The molecule has 0 aromatic rings. The fraction of sp³-hybridized carbons (Fsp3) is 0.870. The largest absolute Gasteiger partial charge is 0.385 e. The van der Waals surface area contributed by atoms with Crippen LogP contribution in [0.5, 0.6) is 0 Å². The van der Waals surface area contributed by atoms with Gasteiger partial charge in [0.2, 0.25) is 0 Å². The lowest BCUT2D eigenvalue weighted by Gasteiger charge is -2.16. The van der Waals surface area contributed by atoms with Crippen molar-refractivity contribution >= 4 is 5.78 Å². The van der Waals surface area contributed by atoms with E-state index in [0.29, 0.717) is 5.78 Å². The summed E-state index contributed by atoms with van der Waals surface area (Å²) in [7, 11) is 1.79.